The Morgan fingerprint density at radius 3 is 3.00 bits per heavy atom. The van der Waals surface area contributed by atoms with Crippen LogP contribution in [0.5, 0.6) is 5.88 Å². The summed E-state index contributed by atoms with van der Waals surface area (Å²) in [5, 5.41) is 0. The molecule has 0 saturated carbocycles. The minimum absolute atomic E-state index is 0.201. The zero-order chi connectivity index (χ0) is 16.5. The number of nitrogens with one attached hydrogen (secondary N) is 1. The number of H-pyrrole nitrogens is 1. The van der Waals surface area contributed by atoms with Crippen molar-refractivity contribution in [2.75, 3.05) is 12.3 Å². The number of imidazole rings is 1. The number of hydrogen-bond acceptors (Lipinski definition) is 4. The van der Waals surface area contributed by atoms with Crippen molar-refractivity contribution in [2.45, 2.75) is 19.4 Å². The molecule has 6 heteroatoms. The van der Waals surface area contributed by atoms with Gasteiger partial charge in [0.15, 0.2) is 5.82 Å². The van der Waals surface area contributed by atoms with Crippen molar-refractivity contribution in [1.82, 2.24) is 14.5 Å². The van der Waals surface area contributed by atoms with Gasteiger partial charge in [0.05, 0.1) is 18.7 Å². The first kappa shape index (κ1) is 14.6. The first-order valence-electron chi connectivity index (χ1n) is 7.95. The summed E-state index contributed by atoms with van der Waals surface area (Å²) in [5.41, 5.74) is 9.33. The lowest BCUT2D eigenvalue weighted by Crippen LogP contribution is -2.17. The highest BCUT2D eigenvalue weighted by Crippen LogP contribution is 2.22. The number of nitrogens with zero attached hydrogens (tertiary/aromatic N) is 2. The average Bonchev–Trinajstić information content (AvgIpc) is 2.88. The van der Waals surface area contributed by atoms with Crippen molar-refractivity contribution in [1.29, 1.82) is 0 Å². The van der Waals surface area contributed by atoms with Crippen LogP contribution in [-0.4, -0.2) is 21.1 Å². The van der Waals surface area contributed by atoms with Crippen LogP contribution >= 0.6 is 0 Å². The third-order valence-corrected chi connectivity index (χ3v) is 4.16. The molecule has 2 aromatic heterocycles. The van der Waals surface area contributed by atoms with E-state index in [-0.39, 0.29) is 11.5 Å². The van der Waals surface area contributed by atoms with E-state index in [9.17, 15) is 4.79 Å². The fourth-order valence-electron chi connectivity index (χ4n) is 2.99. The maximum Gasteiger partial charge on any atom is 0.326 e. The number of pyridine rings is 1. The zero-order valence-electron chi connectivity index (χ0n) is 13.2. The predicted octanol–water partition coefficient (Wildman–Crippen LogP) is 2.24. The molecule has 6 nitrogen and oxygen atoms in total. The second-order valence-electron chi connectivity index (χ2n) is 5.89. The molecule has 0 fully saturated rings. The lowest BCUT2D eigenvalue weighted by Gasteiger charge is -2.09. The van der Waals surface area contributed by atoms with Gasteiger partial charge >= 0.3 is 5.69 Å². The normalized spacial score (nSPS) is 15.8. The Hall–Kier alpha value is -3.02. The van der Waals surface area contributed by atoms with E-state index in [1.165, 1.54) is 5.56 Å². The Kier molecular flexibility index (Phi) is 3.57. The molecule has 0 atom stereocenters. The molecule has 122 valence electrons. The first-order chi connectivity index (χ1) is 11.7. The van der Waals surface area contributed by atoms with Crippen LogP contribution in [-0.2, 0) is 13.0 Å². The molecule has 0 unspecified atom stereocenters. The molecule has 3 aromatic rings. The second kappa shape index (κ2) is 5.88. The molecule has 0 amide bonds. The Balaban J connectivity index is 1.89. The number of rotatable bonds is 0. The van der Waals surface area contributed by atoms with Gasteiger partial charge in [0.2, 0.25) is 5.88 Å². The van der Waals surface area contributed by atoms with Gasteiger partial charge in [-0.2, -0.15) is 4.98 Å². The molecular weight excluding hydrogens is 304 g/mol. The SMILES string of the molecule is Nc1nc2cc3c1[nH]c(=O)n3Cc1cccc(c1)C/C=C/CCO2. The summed E-state index contributed by atoms with van der Waals surface area (Å²) in [7, 11) is 0. The van der Waals surface area contributed by atoms with Crippen LogP contribution in [0.1, 0.15) is 17.5 Å². The highest BCUT2D eigenvalue weighted by atomic mass is 16.5. The smallest absolute Gasteiger partial charge is 0.326 e. The number of fused-ring (bicyclic) bond motifs is 3. The van der Waals surface area contributed by atoms with Gasteiger partial charge in [-0.05, 0) is 24.0 Å². The molecule has 3 N–H and O–H groups in total. The van der Waals surface area contributed by atoms with Gasteiger partial charge < -0.3 is 15.5 Å². The zero-order valence-corrected chi connectivity index (χ0v) is 13.2. The van der Waals surface area contributed by atoms with Gasteiger partial charge in [-0.1, -0.05) is 36.4 Å². The molecule has 0 spiro atoms. The number of allylic oxidation sites excluding steroid dienone is 1. The summed E-state index contributed by atoms with van der Waals surface area (Å²) in [5.74, 6) is 0.710. The molecule has 4 rings (SSSR count). The summed E-state index contributed by atoms with van der Waals surface area (Å²) in [6.07, 6.45) is 5.89. The molecule has 1 aliphatic rings. The van der Waals surface area contributed by atoms with Crippen LogP contribution in [0.3, 0.4) is 0 Å². The van der Waals surface area contributed by atoms with Gasteiger partial charge in [-0.15, -0.1) is 0 Å². The van der Waals surface area contributed by atoms with Crippen LogP contribution in [0.15, 0.2) is 47.3 Å². The molecule has 1 aliphatic heterocycles. The number of nitrogen functional groups attached to an aromatic ring is 1. The molecule has 4 bridgehead atoms. The standard InChI is InChI=1S/C18H18N4O2/c19-17-16-14-10-15(20-17)24-8-3-1-2-5-12-6-4-7-13(9-12)11-22(14)18(23)21-16/h1-2,4,6-7,9-10H,3,5,8,11H2,(H2,19,20)(H,21,23)/b2-1+. The summed E-state index contributed by atoms with van der Waals surface area (Å²) in [4.78, 5) is 19.4. The van der Waals surface area contributed by atoms with Gasteiger partial charge in [0, 0.05) is 6.07 Å². The molecule has 3 heterocycles. The number of anilines is 1. The molecule has 0 aliphatic carbocycles. The minimum Gasteiger partial charge on any atom is -0.477 e. The van der Waals surface area contributed by atoms with E-state index in [1.807, 2.05) is 12.1 Å². The largest absolute Gasteiger partial charge is 0.477 e. The lowest BCUT2D eigenvalue weighted by atomic mass is 10.1. The predicted molar refractivity (Wildman–Crippen MR) is 93.3 cm³/mol. The lowest BCUT2D eigenvalue weighted by molar-refractivity contribution is 0.313. The maximum atomic E-state index is 12.4. The van der Waals surface area contributed by atoms with Gasteiger partial charge in [-0.3, -0.25) is 4.57 Å². The topological polar surface area (TPSA) is 85.9 Å². The first-order valence-corrected chi connectivity index (χ1v) is 7.95. The summed E-state index contributed by atoms with van der Waals surface area (Å²) in [6, 6.07) is 10.0. The summed E-state index contributed by atoms with van der Waals surface area (Å²) < 4.78 is 7.35. The van der Waals surface area contributed by atoms with E-state index in [1.54, 1.807) is 10.6 Å². The minimum atomic E-state index is -0.201. The summed E-state index contributed by atoms with van der Waals surface area (Å²) >= 11 is 0. The number of benzene rings is 1. The van der Waals surface area contributed by atoms with Crippen molar-refractivity contribution in [3.63, 3.8) is 0 Å². The van der Waals surface area contributed by atoms with E-state index >= 15 is 0 Å². The molecular formula is C18H18N4O2. The van der Waals surface area contributed by atoms with Crippen molar-refractivity contribution in [2.24, 2.45) is 0 Å². The van der Waals surface area contributed by atoms with Gasteiger partial charge in [-0.25, -0.2) is 4.79 Å². The van der Waals surface area contributed by atoms with E-state index < -0.39 is 0 Å². The molecule has 0 saturated heterocycles. The fourth-order valence-corrected chi connectivity index (χ4v) is 2.99. The third kappa shape index (κ3) is 2.67. The Labute approximate surface area is 138 Å². The molecule has 24 heavy (non-hydrogen) atoms. The van der Waals surface area contributed by atoms with Crippen LogP contribution < -0.4 is 16.2 Å². The Morgan fingerprint density at radius 2 is 2.08 bits per heavy atom. The fraction of sp³-hybridized carbons (Fsp3) is 0.222. The average molecular weight is 322 g/mol. The highest BCUT2D eigenvalue weighted by molar-refractivity contribution is 5.85. The Morgan fingerprint density at radius 1 is 1.21 bits per heavy atom. The number of ether oxygens (including phenoxy) is 1. The van der Waals surface area contributed by atoms with Crippen LogP contribution in [0, 0.1) is 0 Å². The van der Waals surface area contributed by atoms with E-state index in [0.29, 0.717) is 30.1 Å². The second-order valence-corrected chi connectivity index (χ2v) is 5.89. The number of aromatic nitrogens is 3. The monoisotopic (exact) mass is 322 g/mol. The van der Waals surface area contributed by atoms with Crippen molar-refractivity contribution >= 4 is 16.9 Å². The van der Waals surface area contributed by atoms with Crippen molar-refractivity contribution < 1.29 is 4.74 Å². The van der Waals surface area contributed by atoms with E-state index in [4.69, 9.17) is 10.5 Å². The van der Waals surface area contributed by atoms with Crippen LogP contribution in [0.4, 0.5) is 5.82 Å². The number of hydrogen-bond donors (Lipinski definition) is 2. The van der Waals surface area contributed by atoms with E-state index in [0.717, 1.165) is 18.4 Å². The quantitative estimate of drug-likeness (QED) is 0.622. The van der Waals surface area contributed by atoms with Gasteiger partial charge in [0.1, 0.15) is 5.52 Å². The molecule has 0 radical (unpaired) electrons. The van der Waals surface area contributed by atoms with Crippen molar-refractivity contribution in [3.8, 4) is 5.88 Å². The molecule has 1 aromatic carbocycles. The van der Waals surface area contributed by atoms with Crippen LogP contribution in [0.25, 0.3) is 11.0 Å². The number of nitrogens with two attached hydrogens (primary N) is 1. The van der Waals surface area contributed by atoms with E-state index in [2.05, 4.69) is 34.3 Å². The van der Waals surface area contributed by atoms with Gasteiger partial charge in [0.25, 0.3) is 0 Å². The third-order valence-electron chi connectivity index (χ3n) is 4.16. The van der Waals surface area contributed by atoms with Crippen molar-refractivity contribution in [3.05, 3.63) is 64.1 Å². The summed E-state index contributed by atoms with van der Waals surface area (Å²) in [6.45, 7) is 0.989. The maximum absolute atomic E-state index is 12.4. The van der Waals surface area contributed by atoms with Crippen LogP contribution in [0.2, 0.25) is 0 Å². The number of aromatic amines is 1. The Bertz CT molecular complexity index is 984. The highest BCUT2D eigenvalue weighted by Gasteiger charge is 2.13.